The molecule has 2 saturated heterocycles. The largest absolute Gasteiger partial charge is 0.345 e. The summed E-state index contributed by atoms with van der Waals surface area (Å²) in [6.07, 6.45) is 9.95. The fraction of sp³-hybridized carbons (Fsp3) is 0.800. The zero-order valence-electron chi connectivity index (χ0n) is 15.9. The van der Waals surface area contributed by atoms with Gasteiger partial charge in [-0.1, -0.05) is 19.3 Å². The smallest absolute Gasteiger partial charge is 0.222 e. The van der Waals surface area contributed by atoms with E-state index in [-0.39, 0.29) is 0 Å². The third-order valence-corrected chi connectivity index (χ3v) is 7.17. The van der Waals surface area contributed by atoms with Gasteiger partial charge in [-0.15, -0.1) is 11.3 Å². The van der Waals surface area contributed by atoms with Crippen LogP contribution >= 0.6 is 11.3 Å². The number of carbonyl (C=O) groups excluding carboxylic acids is 1. The predicted molar refractivity (Wildman–Crippen MR) is 107 cm³/mol. The number of amides is 1. The molecule has 3 fully saturated rings. The van der Waals surface area contributed by atoms with Gasteiger partial charge >= 0.3 is 0 Å². The van der Waals surface area contributed by atoms with Crippen LogP contribution in [0.3, 0.4) is 0 Å². The molecule has 1 aromatic heterocycles. The first-order valence-electron chi connectivity index (χ1n) is 10.5. The normalized spacial score (nSPS) is 22.9. The summed E-state index contributed by atoms with van der Waals surface area (Å²) in [6.45, 7) is 6.99. The minimum absolute atomic E-state index is 0.376. The van der Waals surface area contributed by atoms with Crippen LogP contribution < -0.4 is 4.90 Å². The van der Waals surface area contributed by atoms with Gasteiger partial charge in [0.05, 0.1) is 5.69 Å². The molecule has 1 amide bonds. The molecule has 5 nitrogen and oxygen atoms in total. The molecule has 1 aromatic rings. The van der Waals surface area contributed by atoms with Gasteiger partial charge in [0.25, 0.3) is 0 Å². The number of anilines is 1. The minimum Gasteiger partial charge on any atom is -0.345 e. The van der Waals surface area contributed by atoms with E-state index >= 15 is 0 Å². The second-order valence-corrected chi connectivity index (χ2v) is 9.02. The fourth-order valence-corrected chi connectivity index (χ4v) is 5.47. The summed E-state index contributed by atoms with van der Waals surface area (Å²) in [5, 5.41) is 3.36. The van der Waals surface area contributed by atoms with Gasteiger partial charge < -0.3 is 9.80 Å². The monoisotopic (exact) mass is 376 g/mol. The first-order chi connectivity index (χ1) is 12.8. The molecule has 26 heavy (non-hydrogen) atoms. The van der Waals surface area contributed by atoms with Gasteiger partial charge in [0.15, 0.2) is 5.13 Å². The molecular weight excluding hydrogens is 344 g/mol. The van der Waals surface area contributed by atoms with Gasteiger partial charge in [-0.2, -0.15) is 0 Å². The molecule has 1 saturated carbocycles. The van der Waals surface area contributed by atoms with Crippen molar-refractivity contribution in [1.29, 1.82) is 0 Å². The molecule has 0 atom stereocenters. The predicted octanol–water partition coefficient (Wildman–Crippen LogP) is 3.36. The molecule has 144 valence electrons. The Balaban J connectivity index is 1.24. The van der Waals surface area contributed by atoms with Crippen molar-refractivity contribution < 1.29 is 4.79 Å². The molecular formula is C20H32N4OS. The zero-order chi connectivity index (χ0) is 17.8. The van der Waals surface area contributed by atoms with Gasteiger partial charge in [0.2, 0.25) is 5.91 Å². The van der Waals surface area contributed by atoms with E-state index in [1.54, 1.807) is 11.3 Å². The molecule has 2 aliphatic heterocycles. The van der Waals surface area contributed by atoms with Crippen molar-refractivity contribution in [2.45, 2.75) is 57.9 Å². The summed E-state index contributed by atoms with van der Waals surface area (Å²) >= 11 is 1.77. The highest BCUT2D eigenvalue weighted by atomic mass is 32.1. The van der Waals surface area contributed by atoms with E-state index < -0.39 is 0 Å². The number of hydrogen-bond acceptors (Lipinski definition) is 5. The van der Waals surface area contributed by atoms with Crippen LogP contribution in [0, 0.1) is 5.92 Å². The lowest BCUT2D eigenvalue weighted by atomic mass is 10.0. The average molecular weight is 377 g/mol. The maximum Gasteiger partial charge on any atom is 0.222 e. The number of thiazole rings is 1. The minimum atomic E-state index is 0.376. The number of rotatable bonds is 5. The van der Waals surface area contributed by atoms with Gasteiger partial charge in [-0.3, -0.25) is 9.69 Å². The maximum atomic E-state index is 12.5. The number of hydrogen-bond donors (Lipinski definition) is 0. The summed E-state index contributed by atoms with van der Waals surface area (Å²) in [4.78, 5) is 24.4. The van der Waals surface area contributed by atoms with E-state index in [9.17, 15) is 4.79 Å². The molecule has 0 bridgehead atoms. The molecule has 4 rings (SSSR count). The molecule has 0 N–H and O–H groups in total. The van der Waals surface area contributed by atoms with E-state index in [1.165, 1.54) is 63.7 Å². The number of nitrogens with zero attached hydrogens (tertiary/aromatic N) is 4. The Hall–Kier alpha value is -1.14. The molecule has 6 heteroatoms. The van der Waals surface area contributed by atoms with Crippen molar-refractivity contribution in [2.75, 3.05) is 44.2 Å². The number of piperidine rings is 1. The molecule has 3 aliphatic rings. The van der Waals surface area contributed by atoms with Crippen LogP contribution in [0.1, 0.15) is 57.1 Å². The first-order valence-corrected chi connectivity index (χ1v) is 11.4. The summed E-state index contributed by atoms with van der Waals surface area (Å²) in [6, 6.07) is 0. The van der Waals surface area contributed by atoms with E-state index in [1.807, 2.05) is 0 Å². The van der Waals surface area contributed by atoms with E-state index in [0.29, 0.717) is 11.8 Å². The maximum absolute atomic E-state index is 12.5. The highest BCUT2D eigenvalue weighted by Gasteiger charge is 2.26. The Morgan fingerprint density at radius 2 is 1.73 bits per heavy atom. The molecule has 0 unspecified atom stereocenters. The zero-order valence-corrected chi connectivity index (χ0v) is 16.7. The van der Waals surface area contributed by atoms with Gasteiger partial charge in [-0.25, -0.2) is 4.98 Å². The average Bonchev–Trinajstić information content (AvgIpc) is 3.35. The first kappa shape index (κ1) is 18.2. The Morgan fingerprint density at radius 1 is 1.00 bits per heavy atom. The second-order valence-electron chi connectivity index (χ2n) is 8.18. The van der Waals surface area contributed by atoms with Gasteiger partial charge in [0.1, 0.15) is 0 Å². The van der Waals surface area contributed by atoms with Crippen molar-refractivity contribution >= 4 is 22.4 Å². The summed E-state index contributed by atoms with van der Waals surface area (Å²) in [5.74, 6) is 1.03. The second kappa shape index (κ2) is 8.70. The number of aromatic nitrogens is 1. The van der Waals surface area contributed by atoms with Crippen LogP contribution in [-0.2, 0) is 11.3 Å². The molecule has 3 heterocycles. The van der Waals surface area contributed by atoms with Crippen LogP contribution in [-0.4, -0.2) is 60.0 Å². The van der Waals surface area contributed by atoms with Crippen molar-refractivity contribution in [3.63, 3.8) is 0 Å². The summed E-state index contributed by atoms with van der Waals surface area (Å²) in [7, 11) is 0. The third-order valence-electron chi connectivity index (χ3n) is 6.21. The molecule has 0 radical (unpaired) electrons. The van der Waals surface area contributed by atoms with Gasteiger partial charge in [-0.05, 0) is 44.7 Å². The standard InChI is InChI=1S/C20H32N4OS/c25-19(14-17-6-2-3-7-17)23-10-12-24(13-11-23)20-21-18(16-26-20)15-22-8-4-1-5-9-22/h16-17H,1-15H2. The third kappa shape index (κ3) is 4.58. The van der Waals surface area contributed by atoms with E-state index in [2.05, 4.69) is 20.1 Å². The Bertz CT molecular complexity index is 584. The van der Waals surface area contributed by atoms with Crippen molar-refractivity contribution in [1.82, 2.24) is 14.8 Å². The van der Waals surface area contributed by atoms with Crippen molar-refractivity contribution in [3.8, 4) is 0 Å². The highest BCUT2D eigenvalue weighted by Crippen LogP contribution is 2.29. The van der Waals surface area contributed by atoms with E-state index in [0.717, 1.165) is 44.3 Å². The van der Waals surface area contributed by atoms with Crippen molar-refractivity contribution in [2.24, 2.45) is 5.92 Å². The Kier molecular flexibility index (Phi) is 6.10. The number of carbonyl (C=O) groups is 1. The van der Waals surface area contributed by atoms with Gasteiger partial charge in [0, 0.05) is 44.5 Å². The SMILES string of the molecule is O=C(CC1CCCC1)N1CCN(c2nc(CN3CCCCC3)cs2)CC1. The Morgan fingerprint density at radius 3 is 2.46 bits per heavy atom. The fourth-order valence-electron chi connectivity index (χ4n) is 4.60. The number of piperazine rings is 1. The molecule has 1 aliphatic carbocycles. The van der Waals surface area contributed by atoms with Crippen LogP contribution in [0.5, 0.6) is 0 Å². The van der Waals surface area contributed by atoms with Crippen LogP contribution in [0.15, 0.2) is 5.38 Å². The summed E-state index contributed by atoms with van der Waals surface area (Å²) in [5.41, 5.74) is 1.21. The number of likely N-dealkylation sites (tertiary alicyclic amines) is 1. The van der Waals surface area contributed by atoms with Crippen LogP contribution in [0.4, 0.5) is 5.13 Å². The summed E-state index contributed by atoms with van der Waals surface area (Å²) < 4.78 is 0. The van der Waals surface area contributed by atoms with E-state index in [4.69, 9.17) is 4.98 Å². The molecule has 0 spiro atoms. The highest BCUT2D eigenvalue weighted by molar-refractivity contribution is 7.13. The quantitative estimate of drug-likeness (QED) is 0.790. The van der Waals surface area contributed by atoms with Crippen molar-refractivity contribution in [3.05, 3.63) is 11.1 Å². The van der Waals surface area contributed by atoms with Crippen LogP contribution in [0.2, 0.25) is 0 Å². The lowest BCUT2D eigenvalue weighted by Crippen LogP contribution is -2.49. The topological polar surface area (TPSA) is 39.7 Å². The molecule has 0 aromatic carbocycles. The van der Waals surface area contributed by atoms with Crippen LogP contribution in [0.25, 0.3) is 0 Å². The Labute approximate surface area is 161 Å². The lowest BCUT2D eigenvalue weighted by molar-refractivity contribution is -0.132. The lowest BCUT2D eigenvalue weighted by Gasteiger charge is -2.35.